The number of nitrogens with zero attached hydrogens (tertiary/aromatic N) is 3. The van der Waals surface area contributed by atoms with E-state index >= 15 is 0 Å². The van der Waals surface area contributed by atoms with E-state index in [2.05, 4.69) is 89.0 Å². The zero-order chi connectivity index (χ0) is 45.3. The molecule has 14 rings (SSSR count). The van der Waals surface area contributed by atoms with Crippen molar-refractivity contribution in [3.63, 3.8) is 0 Å². The lowest BCUT2D eigenvalue weighted by atomic mass is 9.63. The molecular weight excluding hydrogens is 831 g/mol. The van der Waals surface area contributed by atoms with Gasteiger partial charge in [0.05, 0.1) is 42.4 Å². The van der Waals surface area contributed by atoms with Crippen LogP contribution in [0.25, 0.3) is 0 Å². The van der Waals surface area contributed by atoms with E-state index in [4.69, 9.17) is 4.74 Å². The van der Waals surface area contributed by atoms with Gasteiger partial charge in [0.25, 0.3) is 0 Å². The van der Waals surface area contributed by atoms with Crippen molar-refractivity contribution >= 4 is 0 Å². The number of nitriles is 1. The van der Waals surface area contributed by atoms with Crippen LogP contribution in [-0.2, 0) is 4.74 Å². The largest absolute Gasteiger partial charge is 0.370 e. The number of nitrogens with one attached hydrogen (secondary N) is 2. The van der Waals surface area contributed by atoms with Crippen molar-refractivity contribution in [3.05, 3.63) is 82.4 Å². The molecule has 4 aliphatic heterocycles. The Hall–Kier alpha value is -3.01. The number of rotatable bonds is 5. The highest BCUT2D eigenvalue weighted by molar-refractivity contribution is 5.38. The standard InChI is InChI=1S/C62H85N5O/c1-62(2)47-23-11-6-18-40(47)41-29-28-38(33-48(41)62)49-34-50(65-61(64-49)37-16-4-3-5-17-37)46-32-39(36-63)55(66-51-24-12-7-19-42(51)43-20-8-13-25-52(43)66)35-56(46)67-53-26-14-9-21-44(53)59-54(67)30-31-58-60(59)45-22-10-15-27-57(45)68-58/h3-4,16,18,30-31,34-35,38-39,41-42,44-48,50-51,53-55,57-61,64-65H,5-15,17,19-29,32-33H2,1-2H3. The first kappa shape index (κ1) is 43.8. The fraction of sp³-hybridized carbons (Fsp3) is 0.758. The Morgan fingerprint density at radius 3 is 2.44 bits per heavy atom. The van der Waals surface area contributed by atoms with Crippen LogP contribution in [0.3, 0.4) is 0 Å². The summed E-state index contributed by atoms with van der Waals surface area (Å²) in [6, 6.07) is 5.06. The summed E-state index contributed by atoms with van der Waals surface area (Å²) in [5.41, 5.74) is 10.4. The molecule has 364 valence electrons. The summed E-state index contributed by atoms with van der Waals surface area (Å²) in [6.07, 6.45) is 54.1. The lowest BCUT2D eigenvalue weighted by Crippen LogP contribution is -2.58. The summed E-state index contributed by atoms with van der Waals surface area (Å²) < 4.78 is 7.07. The Morgan fingerprint density at radius 1 is 0.721 bits per heavy atom. The van der Waals surface area contributed by atoms with Crippen LogP contribution < -0.4 is 10.6 Å². The van der Waals surface area contributed by atoms with Crippen molar-refractivity contribution in [2.75, 3.05) is 0 Å². The third-order valence-electron chi connectivity index (χ3n) is 22.9. The molecule has 0 aromatic rings. The van der Waals surface area contributed by atoms with Gasteiger partial charge in [-0.1, -0.05) is 94.4 Å². The highest BCUT2D eigenvalue weighted by atomic mass is 16.5. The molecule has 0 bridgehead atoms. The Labute approximate surface area is 410 Å². The monoisotopic (exact) mass is 916 g/mol. The maximum atomic E-state index is 11.7. The highest BCUT2D eigenvalue weighted by Gasteiger charge is 2.61. The van der Waals surface area contributed by atoms with Gasteiger partial charge >= 0.3 is 0 Å². The molecule has 19 unspecified atom stereocenters. The van der Waals surface area contributed by atoms with E-state index in [-0.39, 0.29) is 30.1 Å². The number of fused-ring (bicyclic) bond motifs is 12. The second-order valence-electron chi connectivity index (χ2n) is 26.1. The predicted molar refractivity (Wildman–Crippen MR) is 272 cm³/mol. The van der Waals surface area contributed by atoms with Crippen molar-refractivity contribution in [3.8, 4) is 6.07 Å². The number of hydrogen-bond acceptors (Lipinski definition) is 6. The van der Waals surface area contributed by atoms with E-state index in [9.17, 15) is 5.26 Å². The van der Waals surface area contributed by atoms with Gasteiger partial charge < -0.3 is 19.9 Å². The SMILES string of the molecule is CC1(C)C2CCCC=C2C2CCC(C3=CC(C4CC(C#N)C(N5C6=C(CCCC6)C6CCCCC65)C=C4N4C5C=CC6OC7CCCCC7C6C5C5CCCCC54)NC(C4=CC=CCC4)N3)CC21. The second kappa shape index (κ2) is 17.3. The van der Waals surface area contributed by atoms with Gasteiger partial charge in [0.1, 0.15) is 0 Å². The minimum atomic E-state index is -0.0201. The van der Waals surface area contributed by atoms with Crippen molar-refractivity contribution < 1.29 is 4.74 Å². The van der Waals surface area contributed by atoms with E-state index < -0.39 is 0 Å². The molecule has 19 atom stereocenters. The van der Waals surface area contributed by atoms with E-state index in [0.717, 1.165) is 48.9 Å². The van der Waals surface area contributed by atoms with Gasteiger partial charge in [-0.15, -0.1) is 0 Å². The first-order valence-corrected chi connectivity index (χ1v) is 29.5. The van der Waals surface area contributed by atoms with Crippen LogP contribution in [0.5, 0.6) is 0 Å². The average Bonchev–Trinajstić information content (AvgIpc) is 4.11. The van der Waals surface area contributed by atoms with Crippen molar-refractivity contribution in [1.29, 1.82) is 5.26 Å². The van der Waals surface area contributed by atoms with Crippen molar-refractivity contribution in [2.45, 2.75) is 223 Å². The van der Waals surface area contributed by atoms with Gasteiger partial charge in [-0.05, 0) is 198 Å². The van der Waals surface area contributed by atoms with Crippen LogP contribution >= 0.6 is 0 Å². The lowest BCUT2D eigenvalue weighted by Gasteiger charge is -2.50. The summed E-state index contributed by atoms with van der Waals surface area (Å²) in [7, 11) is 0. The molecule has 0 amide bonds. The summed E-state index contributed by atoms with van der Waals surface area (Å²) in [5, 5.41) is 20.4. The molecule has 0 radical (unpaired) electrons. The molecule has 0 aromatic carbocycles. The minimum absolute atomic E-state index is 0.0201. The molecule has 10 aliphatic carbocycles. The van der Waals surface area contributed by atoms with E-state index in [1.807, 2.05) is 11.1 Å². The molecule has 14 aliphatic rings. The number of likely N-dealkylation sites (tertiary alicyclic amines) is 1. The second-order valence-corrected chi connectivity index (χ2v) is 26.1. The topological polar surface area (TPSA) is 63.6 Å². The Kier molecular flexibility index (Phi) is 11.2. The first-order chi connectivity index (χ1) is 33.4. The summed E-state index contributed by atoms with van der Waals surface area (Å²) in [6.45, 7) is 5.29. The third-order valence-corrected chi connectivity index (χ3v) is 22.9. The van der Waals surface area contributed by atoms with Gasteiger partial charge in [0.15, 0.2) is 0 Å². The maximum absolute atomic E-state index is 11.7. The van der Waals surface area contributed by atoms with Gasteiger partial charge in [-0.3, -0.25) is 5.32 Å². The minimum Gasteiger partial charge on any atom is -0.370 e. The third kappa shape index (κ3) is 6.85. The molecular formula is C62H85N5O. The van der Waals surface area contributed by atoms with E-state index in [1.165, 1.54) is 153 Å². The molecule has 5 saturated carbocycles. The van der Waals surface area contributed by atoms with Crippen LogP contribution in [0, 0.1) is 81.8 Å². The average molecular weight is 916 g/mol. The van der Waals surface area contributed by atoms with Gasteiger partial charge in [-0.25, -0.2) is 0 Å². The fourth-order valence-electron chi connectivity index (χ4n) is 20.2. The lowest BCUT2D eigenvalue weighted by molar-refractivity contribution is 0.0320. The summed E-state index contributed by atoms with van der Waals surface area (Å²) in [5.74, 6) is 6.60. The molecule has 6 heteroatoms. The van der Waals surface area contributed by atoms with Crippen LogP contribution in [-0.4, -0.2) is 58.4 Å². The Bertz CT molecular complexity index is 2250. The molecule has 2 N–H and O–H groups in total. The van der Waals surface area contributed by atoms with Crippen LogP contribution in [0.4, 0.5) is 0 Å². The molecule has 7 fully saturated rings. The van der Waals surface area contributed by atoms with Crippen LogP contribution in [0.1, 0.15) is 174 Å². The number of hydrogen-bond donors (Lipinski definition) is 2. The number of ether oxygens (including phenoxy) is 1. The van der Waals surface area contributed by atoms with Crippen LogP contribution in [0.15, 0.2) is 82.4 Å². The van der Waals surface area contributed by atoms with Crippen molar-refractivity contribution in [2.24, 2.45) is 70.5 Å². The molecule has 0 spiro atoms. The van der Waals surface area contributed by atoms with Crippen LogP contribution in [0.2, 0.25) is 0 Å². The summed E-state index contributed by atoms with van der Waals surface area (Å²) in [4.78, 5) is 6.12. The zero-order valence-corrected chi connectivity index (χ0v) is 42.0. The smallest absolute Gasteiger partial charge is 0.0996 e. The molecule has 2 saturated heterocycles. The van der Waals surface area contributed by atoms with E-state index in [0.29, 0.717) is 59.4 Å². The normalized spacial score (nSPS) is 47.6. The van der Waals surface area contributed by atoms with Gasteiger partial charge in [-0.2, -0.15) is 5.26 Å². The molecule has 6 nitrogen and oxygen atoms in total. The van der Waals surface area contributed by atoms with E-state index in [1.54, 1.807) is 11.4 Å². The highest BCUT2D eigenvalue weighted by Crippen LogP contribution is 2.64. The Balaban J connectivity index is 0.887. The summed E-state index contributed by atoms with van der Waals surface area (Å²) >= 11 is 0. The molecule has 0 aromatic heterocycles. The maximum Gasteiger partial charge on any atom is 0.0996 e. The molecule has 4 heterocycles. The van der Waals surface area contributed by atoms with Gasteiger partial charge in [0, 0.05) is 47.1 Å². The molecule has 68 heavy (non-hydrogen) atoms. The quantitative estimate of drug-likeness (QED) is 0.268. The number of allylic oxidation sites excluding steroid dienone is 7. The zero-order valence-electron chi connectivity index (χ0n) is 42.0. The first-order valence-electron chi connectivity index (χ1n) is 29.5. The predicted octanol–water partition coefficient (Wildman–Crippen LogP) is 13.0. The van der Waals surface area contributed by atoms with Gasteiger partial charge in [0.2, 0.25) is 0 Å². The van der Waals surface area contributed by atoms with Crippen molar-refractivity contribution in [1.82, 2.24) is 20.4 Å². The fourth-order valence-corrected chi connectivity index (χ4v) is 20.2. The Morgan fingerprint density at radius 2 is 1.56 bits per heavy atom.